The van der Waals surface area contributed by atoms with Gasteiger partial charge in [-0.1, -0.05) is 5.16 Å². The van der Waals surface area contributed by atoms with Crippen LogP contribution in [0.4, 0.5) is 0 Å². The number of fused-ring (bicyclic) bond motifs is 1. The van der Waals surface area contributed by atoms with E-state index in [1.807, 2.05) is 6.07 Å². The summed E-state index contributed by atoms with van der Waals surface area (Å²) in [5.74, 6) is 1.03. The van der Waals surface area contributed by atoms with Gasteiger partial charge in [-0.3, -0.25) is 9.59 Å². The SMILES string of the molecule is Cc1nn(CC(=O)NCCc2ccco2)c(=O)c2noc(C)c12. The van der Waals surface area contributed by atoms with Crippen LogP contribution in [0.25, 0.3) is 10.9 Å². The number of nitrogens with one attached hydrogen (secondary N) is 1. The van der Waals surface area contributed by atoms with Gasteiger partial charge in [-0.15, -0.1) is 0 Å². The van der Waals surface area contributed by atoms with Crippen molar-refractivity contribution in [1.82, 2.24) is 20.3 Å². The molecule has 0 unspecified atom stereocenters. The molecule has 0 aliphatic carbocycles. The zero-order valence-electron chi connectivity index (χ0n) is 12.8. The molecule has 0 aromatic carbocycles. The molecule has 0 radical (unpaired) electrons. The fourth-order valence-electron chi connectivity index (χ4n) is 2.42. The predicted molar refractivity (Wildman–Crippen MR) is 81.0 cm³/mol. The standard InChI is InChI=1S/C15H16N4O4/c1-9-13-10(2)23-18-14(13)15(21)19(17-9)8-12(20)16-6-5-11-4-3-7-22-11/h3-4,7H,5-6,8H2,1-2H3,(H,16,20). The summed E-state index contributed by atoms with van der Waals surface area (Å²) in [6, 6.07) is 3.63. The summed E-state index contributed by atoms with van der Waals surface area (Å²) in [4.78, 5) is 24.2. The molecule has 8 heteroatoms. The second kappa shape index (κ2) is 6.07. The van der Waals surface area contributed by atoms with E-state index in [0.717, 1.165) is 10.4 Å². The molecule has 1 N–H and O–H groups in total. The third-order valence-corrected chi connectivity index (χ3v) is 3.50. The van der Waals surface area contributed by atoms with Crippen LogP contribution >= 0.6 is 0 Å². The van der Waals surface area contributed by atoms with Crippen molar-refractivity contribution in [3.05, 3.63) is 46.0 Å². The van der Waals surface area contributed by atoms with Crippen LogP contribution < -0.4 is 10.9 Å². The van der Waals surface area contributed by atoms with Crippen molar-refractivity contribution < 1.29 is 13.7 Å². The van der Waals surface area contributed by atoms with E-state index in [4.69, 9.17) is 8.94 Å². The molecule has 3 aromatic rings. The number of hydrogen-bond donors (Lipinski definition) is 1. The van der Waals surface area contributed by atoms with Gasteiger partial charge in [0, 0.05) is 13.0 Å². The summed E-state index contributed by atoms with van der Waals surface area (Å²) in [7, 11) is 0. The molecule has 0 spiro atoms. The number of carbonyl (C=O) groups is 1. The van der Waals surface area contributed by atoms with Crippen molar-refractivity contribution in [3.63, 3.8) is 0 Å². The molecule has 3 aromatic heterocycles. The Labute approximate surface area is 131 Å². The third kappa shape index (κ3) is 3.01. The Morgan fingerprint density at radius 1 is 1.39 bits per heavy atom. The zero-order valence-corrected chi connectivity index (χ0v) is 12.8. The molecule has 0 atom stereocenters. The van der Waals surface area contributed by atoms with E-state index < -0.39 is 5.56 Å². The highest BCUT2D eigenvalue weighted by atomic mass is 16.5. The highest BCUT2D eigenvalue weighted by Crippen LogP contribution is 2.16. The van der Waals surface area contributed by atoms with Gasteiger partial charge in [0.15, 0.2) is 5.52 Å². The number of carbonyl (C=O) groups excluding carboxylic acids is 1. The lowest BCUT2D eigenvalue weighted by Crippen LogP contribution is -2.35. The highest BCUT2D eigenvalue weighted by Gasteiger charge is 2.16. The first-order valence-corrected chi connectivity index (χ1v) is 7.19. The van der Waals surface area contributed by atoms with E-state index in [1.54, 1.807) is 26.2 Å². The van der Waals surface area contributed by atoms with Crippen molar-refractivity contribution in [2.24, 2.45) is 0 Å². The molecule has 0 fully saturated rings. The Bertz CT molecular complexity index is 892. The molecule has 120 valence electrons. The van der Waals surface area contributed by atoms with Crippen molar-refractivity contribution >= 4 is 16.8 Å². The number of aromatic nitrogens is 3. The molecule has 3 rings (SSSR count). The molecular weight excluding hydrogens is 300 g/mol. The largest absolute Gasteiger partial charge is 0.469 e. The Kier molecular flexibility index (Phi) is 3.96. The smallest absolute Gasteiger partial charge is 0.297 e. The molecule has 0 saturated carbocycles. The van der Waals surface area contributed by atoms with E-state index >= 15 is 0 Å². The Hall–Kier alpha value is -2.90. The third-order valence-electron chi connectivity index (χ3n) is 3.50. The van der Waals surface area contributed by atoms with Crippen LogP contribution in [0.2, 0.25) is 0 Å². The molecule has 0 aliphatic heterocycles. The molecule has 23 heavy (non-hydrogen) atoms. The quantitative estimate of drug-likeness (QED) is 0.752. The summed E-state index contributed by atoms with van der Waals surface area (Å²) in [5.41, 5.74) is 0.351. The normalized spacial score (nSPS) is 11.0. The van der Waals surface area contributed by atoms with Crippen molar-refractivity contribution in [2.75, 3.05) is 6.54 Å². The van der Waals surface area contributed by atoms with E-state index in [2.05, 4.69) is 15.6 Å². The predicted octanol–water partition coefficient (Wildman–Crippen LogP) is 0.953. The Balaban J connectivity index is 1.70. The maximum atomic E-state index is 12.3. The fraction of sp³-hybridized carbons (Fsp3) is 0.333. The van der Waals surface area contributed by atoms with Gasteiger partial charge in [-0.25, -0.2) is 4.68 Å². The molecule has 1 amide bonds. The van der Waals surface area contributed by atoms with Crippen molar-refractivity contribution in [1.29, 1.82) is 0 Å². The molecule has 0 saturated heterocycles. The zero-order chi connectivity index (χ0) is 16.4. The van der Waals surface area contributed by atoms with Crippen LogP contribution in [0.1, 0.15) is 17.2 Å². The van der Waals surface area contributed by atoms with Gasteiger partial charge in [-0.2, -0.15) is 5.10 Å². The topological polar surface area (TPSA) is 103 Å². The number of amides is 1. The van der Waals surface area contributed by atoms with E-state index in [1.165, 1.54) is 0 Å². The lowest BCUT2D eigenvalue weighted by molar-refractivity contribution is -0.121. The van der Waals surface area contributed by atoms with Gasteiger partial charge < -0.3 is 14.3 Å². The van der Waals surface area contributed by atoms with Crippen LogP contribution in [0.5, 0.6) is 0 Å². The number of hydrogen-bond acceptors (Lipinski definition) is 6. The fourth-order valence-corrected chi connectivity index (χ4v) is 2.42. The van der Waals surface area contributed by atoms with Crippen molar-refractivity contribution in [3.8, 4) is 0 Å². The molecule has 3 heterocycles. The maximum absolute atomic E-state index is 12.3. The summed E-state index contributed by atoms with van der Waals surface area (Å²) < 4.78 is 11.3. The van der Waals surface area contributed by atoms with Crippen LogP contribution in [-0.4, -0.2) is 27.4 Å². The lowest BCUT2D eigenvalue weighted by atomic mass is 10.2. The Morgan fingerprint density at radius 2 is 2.22 bits per heavy atom. The molecule has 0 aliphatic rings. The molecular formula is C15H16N4O4. The van der Waals surface area contributed by atoms with Crippen molar-refractivity contribution in [2.45, 2.75) is 26.8 Å². The summed E-state index contributed by atoms with van der Waals surface area (Å²) >= 11 is 0. The summed E-state index contributed by atoms with van der Waals surface area (Å²) in [6.45, 7) is 3.72. The summed E-state index contributed by atoms with van der Waals surface area (Å²) in [6.07, 6.45) is 2.17. The average Bonchev–Trinajstić information content (AvgIpc) is 3.14. The van der Waals surface area contributed by atoms with Gasteiger partial charge in [0.2, 0.25) is 5.91 Å². The minimum Gasteiger partial charge on any atom is -0.469 e. The van der Waals surface area contributed by atoms with E-state index in [0.29, 0.717) is 29.8 Å². The van der Waals surface area contributed by atoms with Gasteiger partial charge >= 0.3 is 0 Å². The summed E-state index contributed by atoms with van der Waals surface area (Å²) in [5, 5.41) is 11.2. The monoisotopic (exact) mass is 316 g/mol. The van der Waals surface area contributed by atoms with Crippen LogP contribution in [0.3, 0.4) is 0 Å². The second-order valence-electron chi connectivity index (χ2n) is 5.19. The minimum absolute atomic E-state index is 0.167. The van der Waals surface area contributed by atoms with Gasteiger partial charge in [0.05, 0.1) is 17.3 Å². The second-order valence-corrected chi connectivity index (χ2v) is 5.19. The van der Waals surface area contributed by atoms with Gasteiger partial charge in [0.25, 0.3) is 5.56 Å². The Morgan fingerprint density at radius 3 is 2.96 bits per heavy atom. The molecule has 8 nitrogen and oxygen atoms in total. The van der Waals surface area contributed by atoms with E-state index in [-0.39, 0.29) is 18.0 Å². The van der Waals surface area contributed by atoms with E-state index in [9.17, 15) is 9.59 Å². The maximum Gasteiger partial charge on any atom is 0.297 e. The first-order valence-electron chi connectivity index (χ1n) is 7.19. The molecule has 0 bridgehead atoms. The van der Waals surface area contributed by atoms with Crippen LogP contribution in [0, 0.1) is 13.8 Å². The van der Waals surface area contributed by atoms with Crippen LogP contribution in [-0.2, 0) is 17.8 Å². The average molecular weight is 316 g/mol. The van der Waals surface area contributed by atoms with Gasteiger partial charge in [0.1, 0.15) is 18.1 Å². The number of furan rings is 1. The highest BCUT2D eigenvalue weighted by molar-refractivity contribution is 5.82. The van der Waals surface area contributed by atoms with Gasteiger partial charge in [-0.05, 0) is 26.0 Å². The van der Waals surface area contributed by atoms with Crippen LogP contribution in [0.15, 0.2) is 32.1 Å². The minimum atomic E-state index is -0.441. The first kappa shape index (κ1) is 15.0. The number of rotatable bonds is 5. The first-order chi connectivity index (χ1) is 11.1. The lowest BCUT2D eigenvalue weighted by Gasteiger charge is -2.07. The number of aryl methyl sites for hydroxylation is 2. The number of nitrogens with zero attached hydrogens (tertiary/aromatic N) is 3.